The summed E-state index contributed by atoms with van der Waals surface area (Å²) >= 11 is 0. The topological polar surface area (TPSA) is 34.1 Å². The summed E-state index contributed by atoms with van der Waals surface area (Å²) in [5.74, 6) is -0.969. The second kappa shape index (κ2) is 2.77. The Morgan fingerprint density at radius 3 is 2.50 bits per heavy atom. The van der Waals surface area contributed by atoms with E-state index in [1.165, 1.54) is 0 Å². The maximum atomic E-state index is 11.4. The summed E-state index contributed by atoms with van der Waals surface area (Å²) in [6.45, 7) is 7.25. The molecule has 1 aromatic rings. The first-order valence-electron chi connectivity index (χ1n) is 4.20. The van der Waals surface area contributed by atoms with Crippen LogP contribution in [0.3, 0.4) is 0 Å². The van der Waals surface area contributed by atoms with Crippen LogP contribution in [0.25, 0.3) is 11.6 Å². The van der Waals surface area contributed by atoms with Crippen molar-refractivity contribution in [3.8, 4) is 0 Å². The molecule has 0 spiro atoms. The highest BCUT2D eigenvalue weighted by molar-refractivity contribution is 6.63. The molecule has 14 heavy (non-hydrogen) atoms. The maximum absolute atomic E-state index is 11.4. The SMILES string of the molecule is C=Cc1cccc2c1C(=C)C(=O)C2=O. The van der Waals surface area contributed by atoms with Gasteiger partial charge in [0.2, 0.25) is 11.6 Å². The zero-order valence-electron chi connectivity index (χ0n) is 7.54. The smallest absolute Gasteiger partial charge is 0.234 e. The van der Waals surface area contributed by atoms with E-state index in [9.17, 15) is 9.59 Å². The number of ketones is 2. The molecule has 2 nitrogen and oxygen atoms in total. The zero-order valence-corrected chi connectivity index (χ0v) is 7.54. The summed E-state index contributed by atoms with van der Waals surface area (Å²) in [5.41, 5.74) is 2.14. The summed E-state index contributed by atoms with van der Waals surface area (Å²) in [5, 5.41) is 0. The monoisotopic (exact) mass is 184 g/mol. The van der Waals surface area contributed by atoms with Crippen LogP contribution in [0.2, 0.25) is 0 Å². The van der Waals surface area contributed by atoms with E-state index in [1.807, 2.05) is 6.07 Å². The summed E-state index contributed by atoms with van der Waals surface area (Å²) < 4.78 is 0. The fraction of sp³-hybridized carbons (Fsp3) is 0. The van der Waals surface area contributed by atoms with Gasteiger partial charge in [0, 0.05) is 16.7 Å². The summed E-state index contributed by atoms with van der Waals surface area (Å²) in [6.07, 6.45) is 1.62. The number of hydrogen-bond donors (Lipinski definition) is 0. The van der Waals surface area contributed by atoms with Crippen LogP contribution >= 0.6 is 0 Å². The van der Waals surface area contributed by atoms with E-state index in [2.05, 4.69) is 13.2 Å². The van der Waals surface area contributed by atoms with Crippen molar-refractivity contribution < 1.29 is 9.59 Å². The molecule has 0 saturated heterocycles. The van der Waals surface area contributed by atoms with Crippen molar-refractivity contribution in [2.45, 2.75) is 0 Å². The van der Waals surface area contributed by atoms with Crippen molar-refractivity contribution in [3.05, 3.63) is 48.0 Å². The van der Waals surface area contributed by atoms with Gasteiger partial charge in [0.15, 0.2) is 0 Å². The summed E-state index contributed by atoms with van der Waals surface area (Å²) in [4.78, 5) is 22.8. The molecule has 0 radical (unpaired) electrons. The van der Waals surface area contributed by atoms with Crippen LogP contribution in [0.4, 0.5) is 0 Å². The highest BCUT2D eigenvalue weighted by Crippen LogP contribution is 2.31. The minimum Gasteiger partial charge on any atom is -0.285 e. The van der Waals surface area contributed by atoms with Crippen LogP contribution in [0, 0.1) is 0 Å². The molecule has 2 rings (SSSR count). The predicted octanol–water partition coefficient (Wildman–Crippen LogP) is 2.11. The van der Waals surface area contributed by atoms with Gasteiger partial charge >= 0.3 is 0 Å². The van der Waals surface area contributed by atoms with Crippen LogP contribution in [0.5, 0.6) is 0 Å². The van der Waals surface area contributed by atoms with Gasteiger partial charge in [-0.15, -0.1) is 0 Å². The zero-order chi connectivity index (χ0) is 10.3. The summed E-state index contributed by atoms with van der Waals surface area (Å²) in [6, 6.07) is 5.18. The van der Waals surface area contributed by atoms with Crippen molar-refractivity contribution in [3.63, 3.8) is 0 Å². The average molecular weight is 184 g/mol. The average Bonchev–Trinajstić information content (AvgIpc) is 2.44. The van der Waals surface area contributed by atoms with E-state index in [0.29, 0.717) is 11.1 Å². The first-order valence-corrected chi connectivity index (χ1v) is 4.20. The molecule has 1 aliphatic rings. The van der Waals surface area contributed by atoms with Gasteiger partial charge in [0.1, 0.15) is 0 Å². The molecule has 68 valence electrons. The van der Waals surface area contributed by atoms with Crippen LogP contribution in [-0.2, 0) is 4.79 Å². The fourth-order valence-electron chi connectivity index (χ4n) is 1.64. The van der Waals surface area contributed by atoms with Crippen LogP contribution in [-0.4, -0.2) is 11.6 Å². The van der Waals surface area contributed by atoms with E-state index in [1.54, 1.807) is 18.2 Å². The Balaban J connectivity index is 2.81. The standard InChI is InChI=1S/C12H8O2/c1-3-8-5-4-6-9-10(8)7(2)11(13)12(9)14/h3-6H,1-2H2. The molecule has 0 aliphatic heterocycles. The van der Waals surface area contributed by atoms with E-state index >= 15 is 0 Å². The number of carbonyl (C=O) groups is 2. The lowest BCUT2D eigenvalue weighted by molar-refractivity contribution is -0.109. The Morgan fingerprint density at radius 1 is 1.14 bits per heavy atom. The molecule has 0 aromatic heterocycles. The minimum atomic E-state index is -0.505. The third-order valence-corrected chi connectivity index (χ3v) is 2.34. The van der Waals surface area contributed by atoms with Gasteiger partial charge in [0.25, 0.3) is 0 Å². The number of fused-ring (bicyclic) bond motifs is 1. The first kappa shape index (κ1) is 8.63. The first-order chi connectivity index (χ1) is 6.66. The second-order valence-electron chi connectivity index (χ2n) is 3.11. The Kier molecular flexibility index (Phi) is 1.71. The molecular weight excluding hydrogens is 176 g/mol. The van der Waals surface area contributed by atoms with E-state index < -0.39 is 11.6 Å². The Bertz CT molecular complexity index is 481. The molecule has 0 atom stereocenters. The van der Waals surface area contributed by atoms with Crippen molar-refractivity contribution in [2.75, 3.05) is 0 Å². The van der Waals surface area contributed by atoms with E-state index in [-0.39, 0.29) is 5.57 Å². The molecular formula is C12H8O2. The minimum absolute atomic E-state index is 0.278. The molecule has 1 aliphatic carbocycles. The maximum Gasteiger partial charge on any atom is 0.234 e. The number of hydrogen-bond acceptors (Lipinski definition) is 2. The van der Waals surface area contributed by atoms with Gasteiger partial charge in [-0.2, -0.15) is 0 Å². The van der Waals surface area contributed by atoms with Gasteiger partial charge in [-0.1, -0.05) is 37.4 Å². The normalized spacial score (nSPS) is 14.4. The molecule has 0 saturated carbocycles. The van der Waals surface area contributed by atoms with E-state index in [0.717, 1.165) is 5.56 Å². The van der Waals surface area contributed by atoms with Crippen molar-refractivity contribution in [2.24, 2.45) is 0 Å². The van der Waals surface area contributed by atoms with Crippen molar-refractivity contribution in [1.82, 2.24) is 0 Å². The van der Waals surface area contributed by atoms with E-state index in [4.69, 9.17) is 0 Å². The third-order valence-electron chi connectivity index (χ3n) is 2.34. The largest absolute Gasteiger partial charge is 0.285 e. The molecule has 0 bridgehead atoms. The number of rotatable bonds is 1. The molecule has 0 N–H and O–H groups in total. The van der Waals surface area contributed by atoms with Gasteiger partial charge in [-0.3, -0.25) is 9.59 Å². The number of benzene rings is 1. The third kappa shape index (κ3) is 0.909. The predicted molar refractivity (Wildman–Crippen MR) is 54.9 cm³/mol. The molecule has 0 fully saturated rings. The number of allylic oxidation sites excluding steroid dienone is 1. The Morgan fingerprint density at radius 2 is 1.86 bits per heavy atom. The lowest BCUT2D eigenvalue weighted by Gasteiger charge is -2.01. The van der Waals surface area contributed by atoms with Gasteiger partial charge in [0.05, 0.1) is 0 Å². The fourth-order valence-corrected chi connectivity index (χ4v) is 1.64. The van der Waals surface area contributed by atoms with Crippen LogP contribution < -0.4 is 0 Å². The highest BCUT2D eigenvalue weighted by Gasteiger charge is 2.32. The molecule has 2 heteroatoms. The highest BCUT2D eigenvalue weighted by atomic mass is 16.2. The van der Waals surface area contributed by atoms with Crippen molar-refractivity contribution >= 4 is 23.2 Å². The lowest BCUT2D eigenvalue weighted by Crippen LogP contribution is -2.04. The van der Waals surface area contributed by atoms with Crippen molar-refractivity contribution in [1.29, 1.82) is 0 Å². The van der Waals surface area contributed by atoms with Gasteiger partial charge in [-0.05, 0) is 5.56 Å². The summed E-state index contributed by atoms with van der Waals surface area (Å²) in [7, 11) is 0. The van der Waals surface area contributed by atoms with Crippen LogP contribution in [0.1, 0.15) is 21.5 Å². The number of carbonyl (C=O) groups excluding carboxylic acids is 2. The second-order valence-corrected chi connectivity index (χ2v) is 3.11. The van der Waals surface area contributed by atoms with Crippen LogP contribution in [0.15, 0.2) is 31.4 Å². The molecule has 0 unspecified atom stereocenters. The van der Waals surface area contributed by atoms with Gasteiger partial charge < -0.3 is 0 Å². The molecule has 0 heterocycles. The van der Waals surface area contributed by atoms with Gasteiger partial charge in [-0.25, -0.2) is 0 Å². The quantitative estimate of drug-likeness (QED) is 0.494. The molecule has 1 aromatic carbocycles. The Labute approximate surface area is 81.6 Å². The Hall–Kier alpha value is -1.96. The molecule has 0 amide bonds. The lowest BCUT2D eigenvalue weighted by atomic mass is 10.0. The number of Topliss-reactive ketones (excluding diaryl/α,β-unsaturated/α-hetero) is 2.